The van der Waals surface area contributed by atoms with Gasteiger partial charge in [-0.25, -0.2) is 0 Å². The quantitative estimate of drug-likeness (QED) is 0.916. The number of para-hydroxylation sites is 1. The molecule has 1 N–H and O–H groups in total. The minimum absolute atomic E-state index is 0.445. The van der Waals surface area contributed by atoms with Gasteiger partial charge in [0.2, 0.25) is 0 Å². The zero-order chi connectivity index (χ0) is 14.7. The summed E-state index contributed by atoms with van der Waals surface area (Å²) < 4.78 is 7.56. The Morgan fingerprint density at radius 3 is 3.05 bits per heavy atom. The molecule has 4 nitrogen and oxygen atoms in total. The van der Waals surface area contributed by atoms with E-state index in [1.54, 1.807) is 7.11 Å². The fraction of sp³-hybridized carbons (Fsp3) is 0.471. The molecule has 0 bridgehead atoms. The summed E-state index contributed by atoms with van der Waals surface area (Å²) >= 11 is 0. The van der Waals surface area contributed by atoms with Gasteiger partial charge in [0.1, 0.15) is 0 Å². The fourth-order valence-corrected chi connectivity index (χ4v) is 3.06. The van der Waals surface area contributed by atoms with Gasteiger partial charge in [-0.1, -0.05) is 25.1 Å². The van der Waals surface area contributed by atoms with Crippen LogP contribution < -0.4 is 10.1 Å². The van der Waals surface area contributed by atoms with Crippen LogP contribution in [0, 0.1) is 0 Å². The lowest BCUT2D eigenvalue weighted by molar-refractivity contribution is 0.403. The van der Waals surface area contributed by atoms with E-state index in [0.717, 1.165) is 38.0 Å². The van der Waals surface area contributed by atoms with Crippen LogP contribution in [0.2, 0.25) is 0 Å². The highest BCUT2D eigenvalue weighted by molar-refractivity contribution is 5.54. The van der Waals surface area contributed by atoms with Crippen molar-refractivity contribution in [1.29, 1.82) is 0 Å². The molecule has 1 aromatic heterocycles. The molecule has 1 aromatic carbocycles. The third-order valence-electron chi connectivity index (χ3n) is 4.14. The van der Waals surface area contributed by atoms with E-state index in [-0.39, 0.29) is 0 Å². The molecule has 4 heteroatoms. The number of anilines is 1. The van der Waals surface area contributed by atoms with Gasteiger partial charge in [0, 0.05) is 24.7 Å². The Morgan fingerprint density at radius 2 is 2.24 bits per heavy atom. The monoisotopic (exact) mass is 285 g/mol. The van der Waals surface area contributed by atoms with E-state index in [2.05, 4.69) is 46.3 Å². The largest absolute Gasteiger partial charge is 0.493 e. The highest BCUT2D eigenvalue weighted by Crippen LogP contribution is 2.28. The Balaban J connectivity index is 1.77. The molecule has 0 fully saturated rings. The average molecular weight is 285 g/mol. The topological polar surface area (TPSA) is 39.1 Å². The van der Waals surface area contributed by atoms with E-state index in [0.29, 0.717) is 6.04 Å². The summed E-state index contributed by atoms with van der Waals surface area (Å²) in [5.41, 5.74) is 3.90. The van der Waals surface area contributed by atoms with Crippen LogP contribution >= 0.6 is 0 Å². The Bertz CT molecular complexity index is 606. The smallest absolute Gasteiger partial charge is 0.160 e. The summed E-state index contributed by atoms with van der Waals surface area (Å²) in [5.74, 6) is 0.907. The number of benzene rings is 1. The maximum atomic E-state index is 5.47. The minimum Gasteiger partial charge on any atom is -0.493 e. The van der Waals surface area contributed by atoms with Gasteiger partial charge in [-0.3, -0.25) is 4.68 Å². The van der Waals surface area contributed by atoms with Crippen molar-refractivity contribution < 1.29 is 4.74 Å². The standard InChI is InChI=1S/C17H23N3O/c1-3-10-20-16(17(21-2)12-18-20)11-14-9-8-13-6-4-5-7-15(13)19-14/h4-7,12,14,19H,3,8-11H2,1-2H3. The normalized spacial score (nSPS) is 17.1. The van der Waals surface area contributed by atoms with Gasteiger partial charge < -0.3 is 10.1 Å². The molecule has 0 amide bonds. The molecule has 1 aliphatic rings. The van der Waals surface area contributed by atoms with Gasteiger partial charge in [0.05, 0.1) is 19.0 Å². The molecular weight excluding hydrogens is 262 g/mol. The summed E-state index contributed by atoms with van der Waals surface area (Å²) in [6.45, 7) is 3.12. The Hall–Kier alpha value is -1.97. The van der Waals surface area contributed by atoms with Gasteiger partial charge in [-0.05, 0) is 30.9 Å². The number of ether oxygens (including phenoxy) is 1. The first-order valence-corrected chi connectivity index (χ1v) is 7.75. The molecular formula is C17H23N3O. The lowest BCUT2D eigenvalue weighted by atomic mass is 9.95. The van der Waals surface area contributed by atoms with E-state index in [1.807, 2.05) is 6.20 Å². The highest BCUT2D eigenvalue weighted by Gasteiger charge is 2.21. The average Bonchev–Trinajstić information content (AvgIpc) is 2.90. The maximum Gasteiger partial charge on any atom is 0.160 e. The predicted molar refractivity (Wildman–Crippen MR) is 84.9 cm³/mol. The summed E-state index contributed by atoms with van der Waals surface area (Å²) in [5, 5.41) is 8.11. The molecule has 2 heterocycles. The number of fused-ring (bicyclic) bond motifs is 1. The van der Waals surface area contributed by atoms with Crippen LogP contribution in [-0.2, 0) is 19.4 Å². The van der Waals surface area contributed by atoms with Crippen LogP contribution in [0.15, 0.2) is 30.5 Å². The van der Waals surface area contributed by atoms with E-state index in [9.17, 15) is 0 Å². The van der Waals surface area contributed by atoms with Gasteiger partial charge in [0.15, 0.2) is 5.75 Å². The number of hydrogen-bond donors (Lipinski definition) is 1. The first-order valence-electron chi connectivity index (χ1n) is 7.75. The van der Waals surface area contributed by atoms with E-state index < -0.39 is 0 Å². The Labute approximate surface area is 126 Å². The van der Waals surface area contributed by atoms with Crippen molar-refractivity contribution in [2.45, 2.75) is 45.2 Å². The van der Waals surface area contributed by atoms with Crippen molar-refractivity contribution in [3.8, 4) is 5.75 Å². The molecule has 0 radical (unpaired) electrons. The van der Waals surface area contributed by atoms with Crippen LogP contribution in [-0.4, -0.2) is 22.9 Å². The van der Waals surface area contributed by atoms with E-state index >= 15 is 0 Å². The van der Waals surface area contributed by atoms with Gasteiger partial charge in [0.25, 0.3) is 0 Å². The second-order valence-electron chi connectivity index (χ2n) is 5.62. The Morgan fingerprint density at radius 1 is 1.38 bits per heavy atom. The second kappa shape index (κ2) is 6.20. The number of nitrogens with one attached hydrogen (secondary N) is 1. The van der Waals surface area contributed by atoms with E-state index in [4.69, 9.17) is 4.74 Å². The first-order chi connectivity index (χ1) is 10.3. The molecule has 21 heavy (non-hydrogen) atoms. The SMILES string of the molecule is CCCn1ncc(OC)c1CC1CCc2ccccc2N1. The third kappa shape index (κ3) is 2.89. The van der Waals surface area contributed by atoms with Crippen LogP contribution in [0.25, 0.3) is 0 Å². The molecule has 0 saturated carbocycles. The molecule has 1 unspecified atom stereocenters. The number of nitrogens with zero attached hydrogens (tertiary/aromatic N) is 2. The van der Waals surface area contributed by atoms with Gasteiger partial charge in [-0.2, -0.15) is 5.10 Å². The zero-order valence-corrected chi connectivity index (χ0v) is 12.8. The second-order valence-corrected chi connectivity index (χ2v) is 5.62. The molecule has 1 atom stereocenters. The van der Waals surface area contributed by atoms with Crippen LogP contribution in [0.3, 0.4) is 0 Å². The Kier molecular flexibility index (Phi) is 4.13. The minimum atomic E-state index is 0.445. The van der Waals surface area contributed by atoms with E-state index in [1.165, 1.54) is 16.9 Å². The molecule has 0 saturated heterocycles. The lowest BCUT2D eigenvalue weighted by Crippen LogP contribution is -2.28. The number of aromatic nitrogens is 2. The van der Waals surface area contributed by atoms with Crippen LogP contribution in [0.5, 0.6) is 5.75 Å². The third-order valence-corrected chi connectivity index (χ3v) is 4.14. The molecule has 3 rings (SSSR count). The van der Waals surface area contributed by atoms with Crippen molar-refractivity contribution in [3.63, 3.8) is 0 Å². The molecule has 1 aliphatic heterocycles. The number of rotatable bonds is 5. The number of methoxy groups -OCH3 is 1. The summed E-state index contributed by atoms with van der Waals surface area (Å²) in [4.78, 5) is 0. The lowest BCUT2D eigenvalue weighted by Gasteiger charge is -2.27. The summed E-state index contributed by atoms with van der Waals surface area (Å²) in [7, 11) is 1.72. The molecule has 2 aromatic rings. The van der Waals surface area contributed by atoms with Crippen molar-refractivity contribution in [1.82, 2.24) is 9.78 Å². The molecule has 112 valence electrons. The molecule has 0 spiro atoms. The fourth-order valence-electron chi connectivity index (χ4n) is 3.06. The summed E-state index contributed by atoms with van der Waals surface area (Å²) in [6.07, 6.45) is 6.16. The first kappa shape index (κ1) is 14.0. The van der Waals surface area contributed by atoms with Crippen molar-refractivity contribution in [3.05, 3.63) is 41.7 Å². The van der Waals surface area contributed by atoms with Gasteiger partial charge in [-0.15, -0.1) is 0 Å². The van der Waals surface area contributed by atoms with Crippen molar-refractivity contribution in [2.24, 2.45) is 0 Å². The van der Waals surface area contributed by atoms with Gasteiger partial charge >= 0.3 is 0 Å². The summed E-state index contributed by atoms with van der Waals surface area (Å²) in [6, 6.07) is 9.03. The van der Waals surface area contributed by atoms with Crippen LogP contribution in [0.4, 0.5) is 5.69 Å². The van der Waals surface area contributed by atoms with Crippen molar-refractivity contribution >= 4 is 5.69 Å². The zero-order valence-electron chi connectivity index (χ0n) is 12.8. The molecule has 0 aliphatic carbocycles. The van der Waals surface area contributed by atoms with Crippen molar-refractivity contribution in [2.75, 3.05) is 12.4 Å². The maximum absolute atomic E-state index is 5.47. The predicted octanol–water partition coefficient (Wildman–Crippen LogP) is 3.27. The highest BCUT2D eigenvalue weighted by atomic mass is 16.5. The number of hydrogen-bond acceptors (Lipinski definition) is 3. The number of aryl methyl sites for hydroxylation is 2. The van der Waals surface area contributed by atoms with Crippen LogP contribution in [0.1, 0.15) is 31.0 Å².